The molecule has 0 saturated heterocycles. The first-order valence-corrected chi connectivity index (χ1v) is 4.89. The van der Waals surface area contributed by atoms with Crippen molar-refractivity contribution in [3.63, 3.8) is 0 Å². The molecule has 2 nitrogen and oxygen atoms in total. The Morgan fingerprint density at radius 3 is 2.19 bits per heavy atom. The lowest BCUT2D eigenvalue weighted by Crippen LogP contribution is -2.21. The number of halogens is 3. The zero-order valence-corrected chi connectivity index (χ0v) is 8.96. The highest BCUT2D eigenvalue weighted by atomic mass is 19.4. The van der Waals surface area contributed by atoms with Crippen molar-refractivity contribution in [3.8, 4) is 0 Å². The highest BCUT2D eigenvalue weighted by Gasteiger charge is 2.29. The van der Waals surface area contributed by atoms with Crippen molar-refractivity contribution >= 4 is 0 Å². The number of nitrogens with zero attached hydrogens (tertiary/aromatic N) is 1. The highest BCUT2D eigenvalue weighted by molar-refractivity contribution is 5.24. The lowest BCUT2D eigenvalue weighted by atomic mass is 10.1. The molecule has 0 saturated carbocycles. The van der Waals surface area contributed by atoms with Crippen molar-refractivity contribution in [3.05, 3.63) is 35.4 Å². The fraction of sp³-hybridized carbons (Fsp3) is 0.455. The maximum atomic E-state index is 12.3. The second-order valence-corrected chi connectivity index (χ2v) is 3.66. The van der Waals surface area contributed by atoms with Crippen LogP contribution in [-0.4, -0.2) is 30.2 Å². The van der Waals surface area contributed by atoms with Crippen molar-refractivity contribution in [2.24, 2.45) is 0 Å². The molecule has 0 radical (unpaired) electrons. The van der Waals surface area contributed by atoms with Gasteiger partial charge in [0.05, 0.1) is 12.2 Å². The summed E-state index contributed by atoms with van der Waals surface area (Å²) < 4.78 is 36.8. The molecule has 0 atom stereocenters. The van der Waals surface area contributed by atoms with Gasteiger partial charge in [-0.05, 0) is 24.7 Å². The third kappa shape index (κ3) is 3.83. The minimum Gasteiger partial charge on any atom is -0.395 e. The SMILES string of the molecule is CN(CCO)Cc1ccc(C(F)(F)F)cc1. The molecule has 0 heterocycles. The van der Waals surface area contributed by atoms with Crippen molar-refractivity contribution in [2.75, 3.05) is 20.2 Å². The molecule has 0 fully saturated rings. The monoisotopic (exact) mass is 233 g/mol. The van der Waals surface area contributed by atoms with Crippen molar-refractivity contribution < 1.29 is 18.3 Å². The molecule has 5 heteroatoms. The summed E-state index contributed by atoms with van der Waals surface area (Å²) in [4.78, 5) is 1.84. The minimum absolute atomic E-state index is 0.0388. The molecular weight excluding hydrogens is 219 g/mol. The predicted octanol–water partition coefficient (Wildman–Crippen LogP) is 2.13. The number of aliphatic hydroxyl groups is 1. The van der Waals surface area contributed by atoms with Crippen LogP contribution in [-0.2, 0) is 12.7 Å². The maximum Gasteiger partial charge on any atom is 0.416 e. The first-order valence-electron chi connectivity index (χ1n) is 4.89. The smallest absolute Gasteiger partial charge is 0.395 e. The van der Waals surface area contributed by atoms with Gasteiger partial charge in [0.15, 0.2) is 0 Å². The van der Waals surface area contributed by atoms with Gasteiger partial charge >= 0.3 is 6.18 Å². The largest absolute Gasteiger partial charge is 0.416 e. The van der Waals surface area contributed by atoms with Crippen LogP contribution >= 0.6 is 0 Å². The fourth-order valence-corrected chi connectivity index (χ4v) is 1.36. The summed E-state index contributed by atoms with van der Waals surface area (Å²) >= 11 is 0. The van der Waals surface area contributed by atoms with E-state index in [0.717, 1.165) is 17.7 Å². The molecule has 0 aliphatic rings. The topological polar surface area (TPSA) is 23.5 Å². The van der Waals surface area contributed by atoms with Crippen LogP contribution in [0.2, 0.25) is 0 Å². The molecular formula is C11H14F3NO. The zero-order valence-electron chi connectivity index (χ0n) is 8.96. The quantitative estimate of drug-likeness (QED) is 0.861. The average molecular weight is 233 g/mol. The van der Waals surface area contributed by atoms with Gasteiger partial charge in [0, 0.05) is 13.1 Å². The molecule has 1 aromatic carbocycles. The normalized spacial score (nSPS) is 12.1. The summed E-state index contributed by atoms with van der Waals surface area (Å²) in [5.41, 5.74) is 0.157. The summed E-state index contributed by atoms with van der Waals surface area (Å²) in [6.45, 7) is 1.07. The number of rotatable bonds is 4. The van der Waals surface area contributed by atoms with Gasteiger partial charge in [0.25, 0.3) is 0 Å². The Labute approximate surface area is 92.3 Å². The van der Waals surface area contributed by atoms with Gasteiger partial charge in [-0.25, -0.2) is 0 Å². The fourth-order valence-electron chi connectivity index (χ4n) is 1.36. The van der Waals surface area contributed by atoms with E-state index in [1.54, 1.807) is 7.05 Å². The Kier molecular flexibility index (Phi) is 4.32. The van der Waals surface area contributed by atoms with Crippen LogP contribution in [0, 0.1) is 0 Å². The number of aliphatic hydroxyl groups excluding tert-OH is 1. The maximum absolute atomic E-state index is 12.3. The number of hydrogen-bond acceptors (Lipinski definition) is 2. The molecule has 0 bridgehead atoms. The molecule has 0 aliphatic carbocycles. The minimum atomic E-state index is -4.28. The molecule has 1 rings (SSSR count). The standard InChI is InChI=1S/C11H14F3NO/c1-15(6-7-16)8-9-2-4-10(5-3-9)11(12,13)14/h2-5,16H,6-8H2,1H3. The molecule has 16 heavy (non-hydrogen) atoms. The first-order chi connectivity index (χ1) is 7.43. The van der Waals surface area contributed by atoms with E-state index in [1.165, 1.54) is 12.1 Å². The molecule has 90 valence electrons. The van der Waals surface area contributed by atoms with Crippen molar-refractivity contribution in [1.82, 2.24) is 4.90 Å². The van der Waals surface area contributed by atoms with E-state index in [0.29, 0.717) is 13.1 Å². The van der Waals surface area contributed by atoms with Crippen LogP contribution in [0.3, 0.4) is 0 Å². The van der Waals surface area contributed by atoms with Crippen LogP contribution in [0.25, 0.3) is 0 Å². The lowest BCUT2D eigenvalue weighted by Gasteiger charge is -2.15. The van der Waals surface area contributed by atoms with Gasteiger partial charge in [0.2, 0.25) is 0 Å². The number of likely N-dealkylation sites (N-methyl/N-ethyl adjacent to an activating group) is 1. The zero-order chi connectivity index (χ0) is 12.2. The van der Waals surface area contributed by atoms with E-state index in [9.17, 15) is 13.2 Å². The van der Waals surface area contributed by atoms with E-state index in [2.05, 4.69) is 0 Å². The van der Waals surface area contributed by atoms with E-state index in [1.807, 2.05) is 4.90 Å². The van der Waals surface area contributed by atoms with E-state index < -0.39 is 11.7 Å². The summed E-state index contributed by atoms with van der Waals surface area (Å²) in [6.07, 6.45) is -4.28. The highest BCUT2D eigenvalue weighted by Crippen LogP contribution is 2.29. The van der Waals surface area contributed by atoms with Gasteiger partial charge in [-0.15, -0.1) is 0 Å². The Morgan fingerprint density at radius 1 is 1.19 bits per heavy atom. The van der Waals surface area contributed by atoms with Gasteiger partial charge in [-0.3, -0.25) is 4.90 Å². The van der Waals surface area contributed by atoms with E-state index in [-0.39, 0.29) is 6.61 Å². The molecule has 1 N–H and O–H groups in total. The number of alkyl halides is 3. The number of benzene rings is 1. The van der Waals surface area contributed by atoms with Crippen LogP contribution in [0.1, 0.15) is 11.1 Å². The van der Waals surface area contributed by atoms with Crippen LogP contribution in [0.5, 0.6) is 0 Å². The predicted molar refractivity (Wildman–Crippen MR) is 54.9 cm³/mol. The Balaban J connectivity index is 2.65. The molecule has 0 unspecified atom stereocenters. The molecule has 0 spiro atoms. The van der Waals surface area contributed by atoms with Gasteiger partial charge in [-0.2, -0.15) is 13.2 Å². The average Bonchev–Trinajstić information content (AvgIpc) is 2.17. The third-order valence-corrected chi connectivity index (χ3v) is 2.22. The molecule has 0 aromatic heterocycles. The summed E-state index contributed by atoms with van der Waals surface area (Å²) in [5.74, 6) is 0. The summed E-state index contributed by atoms with van der Waals surface area (Å²) in [6, 6.07) is 5.05. The second kappa shape index (κ2) is 5.32. The Hall–Kier alpha value is -1.07. The van der Waals surface area contributed by atoms with E-state index >= 15 is 0 Å². The van der Waals surface area contributed by atoms with Gasteiger partial charge in [0.1, 0.15) is 0 Å². The summed E-state index contributed by atoms with van der Waals surface area (Å²) in [5, 5.41) is 8.68. The van der Waals surface area contributed by atoms with Crippen LogP contribution in [0.15, 0.2) is 24.3 Å². The van der Waals surface area contributed by atoms with Gasteiger partial charge in [-0.1, -0.05) is 12.1 Å². The van der Waals surface area contributed by atoms with Gasteiger partial charge < -0.3 is 5.11 Å². The lowest BCUT2D eigenvalue weighted by molar-refractivity contribution is -0.137. The molecule has 0 aliphatic heterocycles. The van der Waals surface area contributed by atoms with E-state index in [4.69, 9.17) is 5.11 Å². The molecule has 1 aromatic rings. The first kappa shape index (κ1) is 13.0. The summed E-state index contributed by atoms with van der Waals surface area (Å²) in [7, 11) is 1.80. The Bertz CT molecular complexity index is 321. The Morgan fingerprint density at radius 2 is 1.75 bits per heavy atom. The molecule has 0 amide bonds. The van der Waals surface area contributed by atoms with Crippen LogP contribution < -0.4 is 0 Å². The third-order valence-electron chi connectivity index (χ3n) is 2.22. The van der Waals surface area contributed by atoms with Crippen molar-refractivity contribution in [1.29, 1.82) is 0 Å². The number of hydrogen-bond donors (Lipinski definition) is 1. The van der Waals surface area contributed by atoms with Crippen LogP contribution in [0.4, 0.5) is 13.2 Å². The second-order valence-electron chi connectivity index (χ2n) is 3.66. The van der Waals surface area contributed by atoms with Crippen molar-refractivity contribution in [2.45, 2.75) is 12.7 Å².